The molecule has 1 saturated heterocycles. The molecule has 1 aromatic heterocycles. The van der Waals surface area contributed by atoms with E-state index in [9.17, 15) is 14.4 Å². The minimum Gasteiger partial charge on any atom is -0.336 e. The number of rotatable bonds is 4. The minimum atomic E-state index is -0.413. The first-order valence-corrected chi connectivity index (χ1v) is 10.6. The molecule has 1 aromatic carbocycles. The number of hydrogen-bond acceptors (Lipinski definition) is 5. The Balaban J connectivity index is 1.60. The molecule has 31 heavy (non-hydrogen) atoms. The van der Waals surface area contributed by atoms with E-state index in [1.807, 2.05) is 25.7 Å². The van der Waals surface area contributed by atoms with Crippen LogP contribution >= 0.6 is 11.6 Å². The van der Waals surface area contributed by atoms with Gasteiger partial charge in [0.05, 0.1) is 22.9 Å². The lowest BCUT2D eigenvalue weighted by atomic mass is 9.95. The minimum absolute atomic E-state index is 0.0814. The average Bonchev–Trinajstić information content (AvgIpc) is 2.69. The summed E-state index contributed by atoms with van der Waals surface area (Å²) in [6.45, 7) is 9.67. The zero-order valence-corrected chi connectivity index (χ0v) is 19.0. The van der Waals surface area contributed by atoms with E-state index < -0.39 is 5.56 Å². The summed E-state index contributed by atoms with van der Waals surface area (Å²) in [6.07, 6.45) is 0. The molecule has 0 aliphatic carbocycles. The molecule has 1 aliphatic rings. The molecule has 0 radical (unpaired) electrons. The van der Waals surface area contributed by atoms with Crippen molar-refractivity contribution in [2.45, 2.75) is 33.1 Å². The summed E-state index contributed by atoms with van der Waals surface area (Å²) < 4.78 is 0. The summed E-state index contributed by atoms with van der Waals surface area (Å²) in [5.74, 6) is 0.0647. The number of hydrogen-bond donors (Lipinski definition) is 2. The van der Waals surface area contributed by atoms with Crippen molar-refractivity contribution in [1.82, 2.24) is 19.8 Å². The number of H-pyrrole nitrogens is 1. The molecular formula is C22H28ClN5O3. The van der Waals surface area contributed by atoms with Gasteiger partial charge in [0.15, 0.2) is 0 Å². The second kappa shape index (κ2) is 9.20. The van der Waals surface area contributed by atoms with Crippen LogP contribution in [0.15, 0.2) is 29.1 Å². The number of amides is 2. The van der Waals surface area contributed by atoms with E-state index in [4.69, 9.17) is 11.6 Å². The molecule has 0 atom stereocenters. The Labute approximate surface area is 186 Å². The summed E-state index contributed by atoms with van der Waals surface area (Å²) in [6, 6.07) is 7.06. The van der Waals surface area contributed by atoms with Gasteiger partial charge >= 0.3 is 0 Å². The van der Waals surface area contributed by atoms with Gasteiger partial charge in [0.1, 0.15) is 11.4 Å². The van der Waals surface area contributed by atoms with Gasteiger partial charge < -0.3 is 15.2 Å². The number of halogens is 1. The maximum atomic E-state index is 13.0. The van der Waals surface area contributed by atoms with Crippen LogP contribution in [0.2, 0.25) is 5.02 Å². The molecule has 1 aliphatic heterocycles. The van der Waals surface area contributed by atoms with Crippen LogP contribution in [-0.2, 0) is 10.2 Å². The topological polar surface area (TPSA) is 98.4 Å². The molecule has 1 fully saturated rings. The fourth-order valence-electron chi connectivity index (χ4n) is 3.42. The van der Waals surface area contributed by atoms with Crippen LogP contribution in [0.4, 0.5) is 5.69 Å². The van der Waals surface area contributed by atoms with Crippen molar-refractivity contribution in [1.29, 1.82) is 0 Å². The van der Waals surface area contributed by atoms with E-state index >= 15 is 0 Å². The number of anilines is 1. The zero-order valence-electron chi connectivity index (χ0n) is 18.3. The lowest BCUT2D eigenvalue weighted by molar-refractivity contribution is -0.117. The van der Waals surface area contributed by atoms with Crippen LogP contribution < -0.4 is 10.9 Å². The molecular weight excluding hydrogens is 418 g/mol. The predicted molar refractivity (Wildman–Crippen MR) is 121 cm³/mol. The van der Waals surface area contributed by atoms with E-state index in [0.717, 1.165) is 0 Å². The van der Waals surface area contributed by atoms with Crippen molar-refractivity contribution in [2.24, 2.45) is 0 Å². The Morgan fingerprint density at radius 1 is 1.16 bits per heavy atom. The van der Waals surface area contributed by atoms with E-state index in [-0.39, 0.29) is 29.3 Å². The fourth-order valence-corrected chi connectivity index (χ4v) is 3.60. The molecule has 166 valence electrons. The Kier molecular flexibility index (Phi) is 6.81. The van der Waals surface area contributed by atoms with Gasteiger partial charge in [-0.15, -0.1) is 0 Å². The lowest BCUT2D eigenvalue weighted by Gasteiger charge is -2.34. The standard InChI is InChI=1S/C22H28ClN5O3/c1-14-18(19(30)26-21(24-14)22(2,3)4)20(31)28-11-9-27(10-12-28)13-17(29)25-16-8-6-5-7-15(16)23/h5-8H,9-13H2,1-4H3,(H,25,29)(H,24,26,30). The summed E-state index contributed by atoms with van der Waals surface area (Å²) >= 11 is 6.08. The number of aryl methyl sites for hydroxylation is 1. The number of carbonyl (C=O) groups is 2. The number of benzene rings is 1. The van der Waals surface area contributed by atoms with E-state index in [2.05, 4.69) is 15.3 Å². The molecule has 9 heteroatoms. The van der Waals surface area contributed by atoms with Crippen molar-refractivity contribution in [3.05, 3.63) is 56.7 Å². The maximum Gasteiger partial charge on any atom is 0.264 e. The predicted octanol–water partition coefficient (Wildman–Crippen LogP) is 2.43. The van der Waals surface area contributed by atoms with Gasteiger partial charge in [0.2, 0.25) is 5.91 Å². The van der Waals surface area contributed by atoms with Gasteiger partial charge in [0, 0.05) is 31.6 Å². The van der Waals surface area contributed by atoms with Crippen molar-refractivity contribution in [3.8, 4) is 0 Å². The van der Waals surface area contributed by atoms with Gasteiger partial charge in [-0.25, -0.2) is 4.98 Å². The van der Waals surface area contributed by atoms with Gasteiger partial charge in [-0.2, -0.15) is 0 Å². The first-order chi connectivity index (χ1) is 14.6. The first-order valence-electron chi connectivity index (χ1n) is 10.2. The Bertz CT molecular complexity index is 1040. The molecule has 8 nitrogen and oxygen atoms in total. The van der Waals surface area contributed by atoms with Crippen LogP contribution in [0.3, 0.4) is 0 Å². The van der Waals surface area contributed by atoms with Crippen LogP contribution in [0.5, 0.6) is 0 Å². The Morgan fingerprint density at radius 2 is 1.81 bits per heavy atom. The molecule has 3 rings (SSSR count). The summed E-state index contributed by atoms with van der Waals surface area (Å²) in [5, 5.41) is 3.29. The summed E-state index contributed by atoms with van der Waals surface area (Å²) in [7, 11) is 0. The molecule has 2 N–H and O–H groups in total. The van der Waals surface area contributed by atoms with Gasteiger partial charge in [-0.05, 0) is 19.1 Å². The average molecular weight is 446 g/mol. The Morgan fingerprint density at radius 3 is 2.39 bits per heavy atom. The van der Waals surface area contributed by atoms with Gasteiger partial charge in [-0.1, -0.05) is 44.5 Å². The Hall–Kier alpha value is -2.71. The van der Waals surface area contributed by atoms with Crippen LogP contribution in [0.25, 0.3) is 0 Å². The molecule has 0 unspecified atom stereocenters. The molecule has 0 spiro atoms. The third-order valence-corrected chi connectivity index (χ3v) is 5.53. The number of piperazine rings is 1. The molecule has 2 amide bonds. The fraction of sp³-hybridized carbons (Fsp3) is 0.455. The zero-order chi connectivity index (χ0) is 22.8. The highest BCUT2D eigenvalue weighted by molar-refractivity contribution is 6.33. The number of nitrogens with one attached hydrogen (secondary N) is 2. The third-order valence-electron chi connectivity index (χ3n) is 5.20. The normalized spacial score (nSPS) is 15.1. The van der Waals surface area contributed by atoms with Crippen molar-refractivity contribution >= 4 is 29.1 Å². The monoisotopic (exact) mass is 445 g/mol. The largest absolute Gasteiger partial charge is 0.336 e. The first kappa shape index (κ1) is 23.0. The van der Waals surface area contributed by atoms with Crippen LogP contribution in [0, 0.1) is 6.92 Å². The molecule has 2 aromatic rings. The maximum absolute atomic E-state index is 13.0. The number of nitrogens with zero attached hydrogens (tertiary/aromatic N) is 3. The second-order valence-electron chi connectivity index (χ2n) is 8.72. The van der Waals surface area contributed by atoms with Crippen molar-refractivity contribution in [3.63, 3.8) is 0 Å². The van der Waals surface area contributed by atoms with Crippen molar-refractivity contribution in [2.75, 3.05) is 38.0 Å². The molecule has 0 bridgehead atoms. The van der Waals surface area contributed by atoms with Crippen molar-refractivity contribution < 1.29 is 9.59 Å². The lowest BCUT2D eigenvalue weighted by Crippen LogP contribution is -2.51. The number of aromatic nitrogens is 2. The van der Waals surface area contributed by atoms with E-state index in [0.29, 0.717) is 48.4 Å². The summed E-state index contributed by atoms with van der Waals surface area (Å²) in [5.41, 5.74) is 0.354. The highest BCUT2D eigenvalue weighted by atomic mass is 35.5. The smallest absolute Gasteiger partial charge is 0.264 e. The molecule has 2 heterocycles. The number of carbonyl (C=O) groups excluding carboxylic acids is 2. The highest BCUT2D eigenvalue weighted by Crippen LogP contribution is 2.20. The third kappa shape index (κ3) is 5.51. The quantitative estimate of drug-likeness (QED) is 0.753. The highest BCUT2D eigenvalue weighted by Gasteiger charge is 2.28. The number of para-hydroxylation sites is 1. The van der Waals surface area contributed by atoms with Crippen LogP contribution in [0.1, 0.15) is 42.6 Å². The number of aromatic amines is 1. The summed E-state index contributed by atoms with van der Waals surface area (Å²) in [4.78, 5) is 48.7. The second-order valence-corrected chi connectivity index (χ2v) is 9.13. The SMILES string of the molecule is Cc1nc(C(C)(C)C)[nH]c(=O)c1C(=O)N1CCN(CC(=O)Nc2ccccc2Cl)CC1. The molecule has 0 saturated carbocycles. The van der Waals surface area contributed by atoms with Gasteiger partial charge in [-0.3, -0.25) is 19.3 Å². The van der Waals surface area contributed by atoms with E-state index in [1.165, 1.54) is 0 Å². The van der Waals surface area contributed by atoms with Crippen LogP contribution in [-0.4, -0.2) is 64.3 Å². The van der Waals surface area contributed by atoms with E-state index in [1.54, 1.807) is 36.1 Å². The van der Waals surface area contributed by atoms with Gasteiger partial charge in [0.25, 0.3) is 11.5 Å².